The van der Waals surface area contributed by atoms with Crippen LogP contribution in [-0.2, 0) is 0 Å². The zero-order chi connectivity index (χ0) is 13.7. The molecule has 108 valence electrons. The van der Waals surface area contributed by atoms with Gasteiger partial charge >= 0.3 is 0 Å². The van der Waals surface area contributed by atoms with Crippen molar-refractivity contribution < 1.29 is 0 Å². The van der Waals surface area contributed by atoms with E-state index in [1.807, 2.05) is 6.20 Å². The molecule has 0 amide bonds. The third-order valence-electron chi connectivity index (χ3n) is 4.53. The summed E-state index contributed by atoms with van der Waals surface area (Å²) in [5.41, 5.74) is 1.33. The highest BCUT2D eigenvalue weighted by Gasteiger charge is 2.23. The summed E-state index contributed by atoms with van der Waals surface area (Å²) in [6.45, 7) is 7.83. The van der Waals surface area contributed by atoms with Crippen LogP contribution in [0.25, 0.3) is 0 Å². The molecule has 1 N–H and O–H groups in total. The Kier molecular flexibility index (Phi) is 5.44. The molecule has 0 radical (unpaired) electrons. The largest absolute Gasteiger partial charge is 0.310 e. The maximum absolute atomic E-state index is 4.61. The molecule has 0 saturated heterocycles. The first-order valence-corrected chi connectivity index (χ1v) is 8.02. The predicted octanol–water partition coefficient (Wildman–Crippen LogP) is 4.09. The first kappa shape index (κ1) is 14.6. The van der Waals surface area contributed by atoms with Gasteiger partial charge in [0.15, 0.2) is 0 Å². The zero-order valence-electron chi connectivity index (χ0n) is 12.7. The Morgan fingerprint density at radius 1 is 1.42 bits per heavy atom. The highest BCUT2D eigenvalue weighted by atomic mass is 15.3. The summed E-state index contributed by atoms with van der Waals surface area (Å²) >= 11 is 0. The molecule has 0 spiro atoms. The second kappa shape index (κ2) is 7.09. The molecule has 19 heavy (non-hydrogen) atoms. The second-order valence-corrected chi connectivity index (χ2v) is 6.02. The fourth-order valence-electron chi connectivity index (χ4n) is 3.13. The maximum atomic E-state index is 4.61. The third-order valence-corrected chi connectivity index (χ3v) is 4.53. The van der Waals surface area contributed by atoms with Gasteiger partial charge in [0.1, 0.15) is 0 Å². The van der Waals surface area contributed by atoms with E-state index in [0.29, 0.717) is 12.1 Å². The Morgan fingerprint density at radius 2 is 2.26 bits per heavy atom. The second-order valence-electron chi connectivity index (χ2n) is 6.02. The van der Waals surface area contributed by atoms with E-state index in [1.54, 1.807) is 0 Å². The summed E-state index contributed by atoms with van der Waals surface area (Å²) in [5, 5.41) is 8.15. The monoisotopic (exact) mass is 263 g/mol. The molecule has 3 unspecified atom stereocenters. The normalized spacial score (nSPS) is 25.4. The summed E-state index contributed by atoms with van der Waals surface area (Å²) in [7, 11) is 0. The van der Waals surface area contributed by atoms with Crippen LogP contribution in [-0.4, -0.2) is 16.3 Å². The molecule has 3 nitrogen and oxygen atoms in total. The molecule has 1 aromatic rings. The minimum atomic E-state index is 0.416. The number of rotatable bonds is 6. The minimum absolute atomic E-state index is 0.416. The SMILES string of the molecule is CCCNC(C)c1cnn(C2CCCC(CC)C2)c1. The molecule has 1 aliphatic rings. The lowest BCUT2D eigenvalue weighted by atomic mass is 9.84. The molecule has 1 heterocycles. The van der Waals surface area contributed by atoms with Crippen molar-refractivity contribution in [1.29, 1.82) is 0 Å². The Balaban J connectivity index is 1.96. The van der Waals surface area contributed by atoms with Gasteiger partial charge in [-0.15, -0.1) is 0 Å². The number of hydrogen-bond acceptors (Lipinski definition) is 2. The Morgan fingerprint density at radius 3 is 3.00 bits per heavy atom. The van der Waals surface area contributed by atoms with Crippen LogP contribution < -0.4 is 5.32 Å². The molecule has 3 heteroatoms. The lowest BCUT2D eigenvalue weighted by molar-refractivity contribution is 0.247. The predicted molar refractivity (Wildman–Crippen MR) is 80.2 cm³/mol. The molecule has 1 saturated carbocycles. The van der Waals surface area contributed by atoms with E-state index in [0.717, 1.165) is 12.5 Å². The number of hydrogen-bond donors (Lipinski definition) is 1. The van der Waals surface area contributed by atoms with Gasteiger partial charge in [0.25, 0.3) is 0 Å². The van der Waals surface area contributed by atoms with Crippen molar-refractivity contribution in [2.45, 2.75) is 71.4 Å². The average Bonchev–Trinajstić information content (AvgIpc) is 2.94. The summed E-state index contributed by atoms with van der Waals surface area (Å²) in [5.74, 6) is 0.905. The van der Waals surface area contributed by atoms with Crippen LogP contribution in [0, 0.1) is 5.92 Å². The molecule has 0 aromatic carbocycles. The molecule has 0 aliphatic heterocycles. The smallest absolute Gasteiger partial charge is 0.0537 e. The van der Waals surface area contributed by atoms with Crippen LogP contribution in [0.1, 0.15) is 76.9 Å². The standard InChI is InChI=1S/C16H29N3/c1-4-9-17-13(3)15-11-18-19(12-15)16-8-6-7-14(5-2)10-16/h11-14,16-17H,4-10H2,1-3H3. The van der Waals surface area contributed by atoms with Gasteiger partial charge in [-0.25, -0.2) is 0 Å². The van der Waals surface area contributed by atoms with Gasteiger partial charge in [-0.1, -0.05) is 33.1 Å². The van der Waals surface area contributed by atoms with Crippen LogP contribution in [0.5, 0.6) is 0 Å². The molecule has 1 aliphatic carbocycles. The first-order chi connectivity index (χ1) is 9.24. The Bertz CT molecular complexity index is 372. The average molecular weight is 263 g/mol. The molecule has 1 aromatic heterocycles. The van der Waals surface area contributed by atoms with E-state index in [1.165, 1.54) is 44.1 Å². The van der Waals surface area contributed by atoms with E-state index in [2.05, 4.69) is 42.1 Å². The summed E-state index contributed by atoms with van der Waals surface area (Å²) in [6.07, 6.45) is 12.2. The van der Waals surface area contributed by atoms with Gasteiger partial charge in [-0.05, 0) is 38.6 Å². The van der Waals surface area contributed by atoms with Crippen molar-refractivity contribution in [3.05, 3.63) is 18.0 Å². The third kappa shape index (κ3) is 3.82. The number of nitrogens with zero attached hydrogens (tertiary/aromatic N) is 2. The molecular formula is C16H29N3. The van der Waals surface area contributed by atoms with Crippen molar-refractivity contribution in [2.75, 3.05) is 6.54 Å². The first-order valence-electron chi connectivity index (χ1n) is 8.02. The van der Waals surface area contributed by atoms with Crippen LogP contribution in [0.15, 0.2) is 12.4 Å². The lowest BCUT2D eigenvalue weighted by Gasteiger charge is -2.28. The van der Waals surface area contributed by atoms with Crippen LogP contribution in [0.2, 0.25) is 0 Å². The summed E-state index contributed by atoms with van der Waals surface area (Å²) < 4.78 is 2.22. The van der Waals surface area contributed by atoms with Crippen LogP contribution >= 0.6 is 0 Å². The van der Waals surface area contributed by atoms with Gasteiger partial charge < -0.3 is 5.32 Å². The fraction of sp³-hybridized carbons (Fsp3) is 0.812. The number of nitrogens with one attached hydrogen (secondary N) is 1. The minimum Gasteiger partial charge on any atom is -0.310 e. The van der Waals surface area contributed by atoms with Crippen molar-refractivity contribution in [3.63, 3.8) is 0 Å². The van der Waals surface area contributed by atoms with Gasteiger partial charge in [-0.2, -0.15) is 5.10 Å². The summed E-state index contributed by atoms with van der Waals surface area (Å²) in [4.78, 5) is 0. The van der Waals surface area contributed by atoms with E-state index >= 15 is 0 Å². The van der Waals surface area contributed by atoms with Gasteiger partial charge in [0.2, 0.25) is 0 Å². The highest BCUT2D eigenvalue weighted by molar-refractivity contribution is 5.09. The topological polar surface area (TPSA) is 29.9 Å². The Labute approximate surface area is 117 Å². The zero-order valence-corrected chi connectivity index (χ0v) is 12.7. The van der Waals surface area contributed by atoms with Crippen molar-refractivity contribution >= 4 is 0 Å². The van der Waals surface area contributed by atoms with E-state index in [4.69, 9.17) is 0 Å². The lowest BCUT2D eigenvalue weighted by Crippen LogP contribution is -2.20. The maximum Gasteiger partial charge on any atom is 0.0537 e. The Hall–Kier alpha value is -0.830. The highest BCUT2D eigenvalue weighted by Crippen LogP contribution is 2.34. The van der Waals surface area contributed by atoms with E-state index < -0.39 is 0 Å². The quantitative estimate of drug-likeness (QED) is 0.838. The molecule has 0 bridgehead atoms. The van der Waals surface area contributed by atoms with Crippen LogP contribution in [0.4, 0.5) is 0 Å². The van der Waals surface area contributed by atoms with Crippen molar-refractivity contribution in [1.82, 2.24) is 15.1 Å². The van der Waals surface area contributed by atoms with Crippen molar-refractivity contribution in [2.24, 2.45) is 5.92 Å². The molecular weight excluding hydrogens is 234 g/mol. The summed E-state index contributed by atoms with van der Waals surface area (Å²) in [6, 6.07) is 1.05. The van der Waals surface area contributed by atoms with Gasteiger partial charge in [-0.3, -0.25) is 4.68 Å². The van der Waals surface area contributed by atoms with Crippen LogP contribution in [0.3, 0.4) is 0 Å². The van der Waals surface area contributed by atoms with E-state index in [-0.39, 0.29) is 0 Å². The molecule has 2 rings (SSSR count). The number of aromatic nitrogens is 2. The van der Waals surface area contributed by atoms with Crippen molar-refractivity contribution in [3.8, 4) is 0 Å². The van der Waals surface area contributed by atoms with Gasteiger partial charge in [0, 0.05) is 17.8 Å². The fourth-order valence-corrected chi connectivity index (χ4v) is 3.13. The molecule has 1 fully saturated rings. The van der Waals surface area contributed by atoms with E-state index in [9.17, 15) is 0 Å². The molecule has 3 atom stereocenters. The van der Waals surface area contributed by atoms with Gasteiger partial charge in [0.05, 0.1) is 12.2 Å².